The molecule has 0 saturated heterocycles. The number of hydrogen-bond donors (Lipinski definition) is 3. The Hall–Kier alpha value is -2.62. The number of aliphatic hydroxyl groups is 2. The minimum absolute atomic E-state index is 0.120. The van der Waals surface area contributed by atoms with Gasteiger partial charge in [-0.3, -0.25) is 4.79 Å². The number of nitroso groups, excluding NO2 is 1. The van der Waals surface area contributed by atoms with Crippen LogP contribution in [0.2, 0.25) is 0 Å². The third-order valence-electron chi connectivity index (χ3n) is 3.75. The summed E-state index contributed by atoms with van der Waals surface area (Å²) >= 11 is 0. The van der Waals surface area contributed by atoms with Crippen LogP contribution >= 0.6 is 0 Å². The summed E-state index contributed by atoms with van der Waals surface area (Å²) in [7, 11) is 0. The molecule has 9 nitrogen and oxygen atoms in total. The highest BCUT2D eigenvalue weighted by atomic mass is 16.5. The highest BCUT2D eigenvalue weighted by molar-refractivity contribution is 5.95. The van der Waals surface area contributed by atoms with Gasteiger partial charge in [0.25, 0.3) is 0 Å². The van der Waals surface area contributed by atoms with E-state index in [9.17, 15) is 29.8 Å². The van der Waals surface area contributed by atoms with E-state index in [1.54, 1.807) is 6.92 Å². The molecule has 3 N–H and O–H groups in total. The number of fused-ring (bicyclic) bond motifs is 1. The van der Waals surface area contributed by atoms with Crippen LogP contribution in [0.3, 0.4) is 0 Å². The summed E-state index contributed by atoms with van der Waals surface area (Å²) < 4.78 is 10.4. The molecule has 1 aromatic carbocycles. The fourth-order valence-corrected chi connectivity index (χ4v) is 2.41. The number of benzene rings is 1. The number of phenolic OH excluding ortho intramolecular Hbond substituents is 1. The summed E-state index contributed by atoms with van der Waals surface area (Å²) in [6.45, 7) is 0.882. The van der Waals surface area contributed by atoms with Crippen molar-refractivity contribution in [3.63, 3.8) is 0 Å². The van der Waals surface area contributed by atoms with Crippen molar-refractivity contribution in [1.29, 1.82) is 0 Å². The molecule has 3 unspecified atom stereocenters. The Balaban J connectivity index is 2.38. The zero-order valence-corrected chi connectivity index (χ0v) is 14.0. The van der Waals surface area contributed by atoms with Crippen molar-refractivity contribution in [3.05, 3.63) is 40.3 Å². The van der Waals surface area contributed by atoms with E-state index in [0.717, 1.165) is 12.1 Å². The maximum Gasteiger partial charge on any atom is 0.342 e. The molecular formula is C17H19NO8. The van der Waals surface area contributed by atoms with Crippen molar-refractivity contribution in [2.45, 2.75) is 38.3 Å². The molecule has 0 spiro atoms. The number of aliphatic hydroxyl groups excluding tert-OH is 2. The van der Waals surface area contributed by atoms with Crippen molar-refractivity contribution in [2.24, 2.45) is 5.18 Å². The molecule has 0 radical (unpaired) electrons. The molecule has 0 aliphatic carbocycles. The lowest BCUT2D eigenvalue weighted by Crippen LogP contribution is -2.36. The monoisotopic (exact) mass is 365 g/mol. The molecule has 0 saturated carbocycles. The second kappa shape index (κ2) is 8.65. The zero-order valence-electron chi connectivity index (χ0n) is 14.0. The molecule has 1 aliphatic rings. The molecule has 2 rings (SSSR count). The normalized spacial score (nSPS) is 26.3. The smallest absolute Gasteiger partial charge is 0.342 e. The van der Waals surface area contributed by atoms with Gasteiger partial charge in [-0.15, -0.1) is 4.91 Å². The first-order valence-corrected chi connectivity index (χ1v) is 7.88. The fraction of sp³-hybridized carbons (Fsp3) is 0.412. The van der Waals surface area contributed by atoms with Crippen LogP contribution in [0, 0.1) is 4.91 Å². The Bertz CT molecular complexity index is 730. The molecule has 0 aromatic heterocycles. The van der Waals surface area contributed by atoms with Gasteiger partial charge in [-0.05, 0) is 29.8 Å². The van der Waals surface area contributed by atoms with E-state index in [0.29, 0.717) is 0 Å². The van der Waals surface area contributed by atoms with Crippen LogP contribution in [-0.2, 0) is 20.9 Å². The molecule has 0 fully saturated rings. The van der Waals surface area contributed by atoms with Gasteiger partial charge in [0.1, 0.15) is 35.3 Å². The molecule has 1 aromatic rings. The number of carbonyl (C=O) groups excluding carboxylic acids is 2. The minimum atomic E-state index is -1.66. The largest absolute Gasteiger partial charge is 0.507 e. The van der Waals surface area contributed by atoms with Gasteiger partial charge in [0.2, 0.25) is 0 Å². The van der Waals surface area contributed by atoms with Gasteiger partial charge in [0.05, 0.1) is 13.2 Å². The predicted octanol–water partition coefficient (Wildman–Crippen LogP) is 1.10. The van der Waals surface area contributed by atoms with Gasteiger partial charge in [-0.2, -0.15) is 0 Å². The summed E-state index contributed by atoms with van der Waals surface area (Å²) in [5, 5.41) is 32.4. The molecule has 0 amide bonds. The fourth-order valence-electron chi connectivity index (χ4n) is 2.41. The quantitative estimate of drug-likeness (QED) is 0.496. The summed E-state index contributed by atoms with van der Waals surface area (Å²) in [6.07, 6.45) is -1.10. The van der Waals surface area contributed by atoms with E-state index in [1.807, 2.05) is 0 Å². The van der Waals surface area contributed by atoms with Gasteiger partial charge in [-0.1, -0.05) is 6.08 Å². The van der Waals surface area contributed by atoms with Crippen molar-refractivity contribution in [2.75, 3.05) is 6.61 Å². The van der Waals surface area contributed by atoms with Crippen molar-refractivity contribution in [3.8, 4) is 5.75 Å². The third-order valence-corrected chi connectivity index (χ3v) is 3.75. The first-order chi connectivity index (χ1) is 12.3. The number of cyclic esters (lactones) is 1. The van der Waals surface area contributed by atoms with Gasteiger partial charge >= 0.3 is 5.97 Å². The average Bonchev–Trinajstić information content (AvgIpc) is 2.59. The van der Waals surface area contributed by atoms with E-state index in [4.69, 9.17) is 9.47 Å². The van der Waals surface area contributed by atoms with E-state index >= 15 is 0 Å². The first kappa shape index (κ1) is 19.7. The molecule has 1 aliphatic heterocycles. The second-order valence-electron chi connectivity index (χ2n) is 5.87. The molecule has 26 heavy (non-hydrogen) atoms. The maximum atomic E-state index is 12.4. The summed E-state index contributed by atoms with van der Waals surface area (Å²) in [4.78, 5) is 34.8. The standard InChI is InChI=1S/C17H19NO8/c1-9-3-2-4-12(19)16(22)14(21)8-25-7-10-5-11(18-24)6-13(20)15(10)17(23)26-9/h2,4-6,9,14,16,20-22H,3,7-8H2,1H3/b4-2-. The highest BCUT2D eigenvalue weighted by Gasteiger charge is 2.25. The summed E-state index contributed by atoms with van der Waals surface area (Å²) in [5.74, 6) is -2.03. The number of aromatic hydroxyl groups is 1. The van der Waals surface area contributed by atoms with Crippen LogP contribution in [0.1, 0.15) is 29.3 Å². The Morgan fingerprint density at radius 2 is 1.96 bits per heavy atom. The van der Waals surface area contributed by atoms with Crippen molar-refractivity contribution >= 4 is 17.4 Å². The van der Waals surface area contributed by atoms with Crippen molar-refractivity contribution in [1.82, 2.24) is 0 Å². The lowest BCUT2D eigenvalue weighted by Gasteiger charge is -2.18. The van der Waals surface area contributed by atoms with E-state index in [1.165, 1.54) is 12.1 Å². The Kier molecular flexibility index (Phi) is 6.56. The Morgan fingerprint density at radius 3 is 2.65 bits per heavy atom. The summed E-state index contributed by atoms with van der Waals surface area (Å²) in [5.41, 5.74) is -0.181. The molecule has 9 heteroatoms. The van der Waals surface area contributed by atoms with E-state index < -0.39 is 42.4 Å². The molecular weight excluding hydrogens is 346 g/mol. The van der Waals surface area contributed by atoms with Gasteiger partial charge in [0, 0.05) is 12.5 Å². The van der Waals surface area contributed by atoms with E-state index in [-0.39, 0.29) is 29.8 Å². The third kappa shape index (κ3) is 4.72. The maximum absolute atomic E-state index is 12.4. The molecule has 3 atom stereocenters. The van der Waals surface area contributed by atoms with Crippen LogP contribution < -0.4 is 0 Å². The summed E-state index contributed by atoms with van der Waals surface area (Å²) in [6, 6.07) is 2.27. The highest BCUT2D eigenvalue weighted by Crippen LogP contribution is 2.30. The SMILES string of the molecule is CC1C/C=C\C(=O)C(O)C(O)COCc2cc(N=O)cc(O)c2C(=O)O1. The first-order valence-electron chi connectivity index (χ1n) is 7.88. The number of ketones is 1. The van der Waals surface area contributed by atoms with Crippen LogP contribution in [0.5, 0.6) is 5.75 Å². The van der Waals surface area contributed by atoms with Crippen LogP contribution in [-0.4, -0.2) is 52.0 Å². The minimum Gasteiger partial charge on any atom is -0.507 e. The molecule has 0 bridgehead atoms. The van der Waals surface area contributed by atoms with E-state index in [2.05, 4.69) is 5.18 Å². The number of phenols is 1. The Morgan fingerprint density at radius 1 is 1.23 bits per heavy atom. The van der Waals surface area contributed by atoms with Crippen molar-refractivity contribution < 1.29 is 34.4 Å². The van der Waals surface area contributed by atoms with Gasteiger partial charge < -0.3 is 24.8 Å². The molecule has 140 valence electrons. The zero-order chi connectivity index (χ0) is 19.3. The second-order valence-corrected chi connectivity index (χ2v) is 5.87. The average molecular weight is 365 g/mol. The number of hydrogen-bond acceptors (Lipinski definition) is 9. The number of carbonyl (C=O) groups is 2. The van der Waals surface area contributed by atoms with Crippen LogP contribution in [0.15, 0.2) is 29.5 Å². The molecule has 1 heterocycles. The van der Waals surface area contributed by atoms with Crippen LogP contribution in [0.25, 0.3) is 0 Å². The topological polar surface area (TPSA) is 143 Å². The number of ether oxygens (including phenoxy) is 2. The number of rotatable bonds is 1. The predicted molar refractivity (Wildman–Crippen MR) is 88.9 cm³/mol. The van der Waals surface area contributed by atoms with Crippen LogP contribution in [0.4, 0.5) is 5.69 Å². The number of nitrogens with zero attached hydrogens (tertiary/aromatic N) is 1. The Labute approximate surface area is 148 Å². The van der Waals surface area contributed by atoms with Gasteiger partial charge in [-0.25, -0.2) is 4.79 Å². The lowest BCUT2D eigenvalue weighted by molar-refractivity contribution is -0.130. The lowest BCUT2D eigenvalue weighted by atomic mass is 10.1. The van der Waals surface area contributed by atoms with Gasteiger partial charge in [0.15, 0.2) is 5.78 Å². The number of esters is 1.